The van der Waals surface area contributed by atoms with Crippen molar-refractivity contribution in [2.45, 2.75) is 71.5 Å². The number of carbonyl (C=O) groups excluding carboxylic acids is 2. The minimum atomic E-state index is -0.479. The number of amides is 2. The fourth-order valence-electron chi connectivity index (χ4n) is 6.79. The molecule has 0 aliphatic heterocycles. The molecule has 5 heteroatoms. The third kappa shape index (κ3) is 4.82. The topological polar surface area (TPSA) is 62.6 Å². The van der Waals surface area contributed by atoms with Gasteiger partial charge >= 0.3 is 0 Å². The van der Waals surface area contributed by atoms with Crippen LogP contribution in [-0.4, -0.2) is 32.0 Å². The Morgan fingerprint density at radius 1 is 1.00 bits per heavy atom. The van der Waals surface area contributed by atoms with Gasteiger partial charge in [-0.2, -0.15) is 0 Å². The average Bonchev–Trinajstić information content (AvgIpc) is 2.69. The number of hydrogen-bond acceptors (Lipinski definition) is 2. The lowest BCUT2D eigenvalue weighted by molar-refractivity contribution is -0.872. The molecule has 4 saturated carbocycles. The van der Waals surface area contributed by atoms with Crippen molar-refractivity contribution in [2.24, 2.45) is 29.1 Å². The van der Waals surface area contributed by atoms with Crippen LogP contribution in [0.2, 0.25) is 0 Å². The zero-order valence-corrected chi connectivity index (χ0v) is 19.7. The molecule has 4 aliphatic rings. The minimum absolute atomic E-state index is 0.0549. The number of nitrogens with one attached hydrogen (secondary N) is 3. The lowest BCUT2D eigenvalue weighted by Crippen LogP contribution is -3.04. The summed E-state index contributed by atoms with van der Waals surface area (Å²) >= 11 is 0. The molecule has 4 bridgehead atoms. The predicted octanol–water partition coefficient (Wildman–Crippen LogP) is 2.30. The first-order valence-corrected chi connectivity index (χ1v) is 12.2. The summed E-state index contributed by atoms with van der Waals surface area (Å²) in [7, 11) is 4.26. The summed E-state index contributed by atoms with van der Waals surface area (Å²) in [4.78, 5) is 27.9. The fraction of sp³-hybridized carbons (Fsp3) is 0.692. The molecule has 0 unspecified atom stereocenters. The van der Waals surface area contributed by atoms with E-state index in [9.17, 15) is 9.59 Å². The van der Waals surface area contributed by atoms with Gasteiger partial charge in [-0.05, 0) is 67.8 Å². The normalized spacial score (nSPS) is 29.9. The fourth-order valence-corrected chi connectivity index (χ4v) is 6.79. The van der Waals surface area contributed by atoms with E-state index >= 15 is 0 Å². The van der Waals surface area contributed by atoms with Crippen molar-refractivity contribution in [3.8, 4) is 0 Å². The maximum Gasteiger partial charge on any atom is 0.243 e. The summed E-state index contributed by atoms with van der Waals surface area (Å²) in [5.41, 5.74) is 2.18. The van der Waals surface area contributed by atoms with Crippen LogP contribution < -0.4 is 15.5 Å². The van der Waals surface area contributed by atoms with Crippen molar-refractivity contribution in [3.05, 3.63) is 35.4 Å². The van der Waals surface area contributed by atoms with E-state index in [2.05, 4.69) is 36.9 Å². The number of carbonyl (C=O) groups is 2. The van der Waals surface area contributed by atoms with Crippen molar-refractivity contribution in [3.63, 3.8) is 0 Å². The molecule has 0 heterocycles. The number of hydrogen-bond donors (Lipinski definition) is 3. The molecule has 1 aromatic rings. The first kappa shape index (κ1) is 22.3. The molecule has 0 radical (unpaired) electrons. The maximum absolute atomic E-state index is 13.5. The third-order valence-electron chi connectivity index (χ3n) is 7.87. The van der Waals surface area contributed by atoms with Crippen LogP contribution in [0, 0.1) is 29.1 Å². The molecule has 5 nitrogen and oxygen atoms in total. The van der Waals surface area contributed by atoms with E-state index < -0.39 is 6.04 Å². The lowest BCUT2D eigenvalue weighted by atomic mass is 9.49. The van der Waals surface area contributed by atoms with E-state index in [1.165, 1.54) is 29.7 Å². The molecule has 3 N–H and O–H groups in total. The highest BCUT2D eigenvalue weighted by Crippen LogP contribution is 2.60. The molecule has 170 valence electrons. The van der Waals surface area contributed by atoms with Gasteiger partial charge in [0.2, 0.25) is 11.8 Å². The van der Waals surface area contributed by atoms with Crippen LogP contribution in [0.15, 0.2) is 24.3 Å². The Labute approximate surface area is 187 Å². The second kappa shape index (κ2) is 8.93. The average molecular weight is 427 g/mol. The molecule has 31 heavy (non-hydrogen) atoms. The van der Waals surface area contributed by atoms with E-state index in [0.29, 0.717) is 6.54 Å². The Morgan fingerprint density at radius 2 is 1.55 bits per heavy atom. The van der Waals surface area contributed by atoms with E-state index in [-0.39, 0.29) is 23.1 Å². The van der Waals surface area contributed by atoms with Crippen molar-refractivity contribution in [2.75, 3.05) is 14.1 Å². The molecule has 4 fully saturated rings. The quantitative estimate of drug-likeness (QED) is 0.597. The van der Waals surface area contributed by atoms with Crippen molar-refractivity contribution in [1.82, 2.24) is 10.6 Å². The summed E-state index contributed by atoms with van der Waals surface area (Å²) in [5.74, 6) is 2.28. The summed E-state index contributed by atoms with van der Waals surface area (Å²) in [6.07, 6.45) is 7.02. The second-order valence-corrected chi connectivity index (χ2v) is 11.3. The van der Waals surface area contributed by atoms with Crippen LogP contribution in [0.3, 0.4) is 0 Å². The van der Waals surface area contributed by atoms with Gasteiger partial charge in [-0.15, -0.1) is 0 Å². The van der Waals surface area contributed by atoms with Crippen molar-refractivity contribution >= 4 is 11.8 Å². The Hall–Kier alpha value is -1.88. The van der Waals surface area contributed by atoms with Crippen molar-refractivity contribution < 1.29 is 14.5 Å². The molecule has 1 atom stereocenters. The third-order valence-corrected chi connectivity index (χ3v) is 7.87. The van der Waals surface area contributed by atoms with E-state index in [1.54, 1.807) is 0 Å². The number of benzene rings is 1. The van der Waals surface area contributed by atoms with Gasteiger partial charge in [-0.3, -0.25) is 9.59 Å². The zero-order valence-electron chi connectivity index (χ0n) is 19.7. The lowest BCUT2D eigenvalue weighted by Gasteiger charge is -2.55. The molecule has 0 saturated heterocycles. The van der Waals surface area contributed by atoms with Gasteiger partial charge in [-0.1, -0.05) is 38.1 Å². The standard InChI is InChI=1S/C26H39N3O2/c1-17(2)23(24(30)27-15-21-7-5-6-8-22(21)16-29(3)4)28-25(31)26-12-18-9-19(13-26)11-20(10-18)14-26/h5-8,17-20,23H,9-16H2,1-4H3,(H,27,30)(H,28,31)/p+1/t18?,19?,20?,23-,26?/m0/s1. The Morgan fingerprint density at radius 3 is 2.06 bits per heavy atom. The molecule has 0 spiro atoms. The van der Waals surface area contributed by atoms with Crippen LogP contribution in [-0.2, 0) is 22.7 Å². The Bertz CT molecular complexity index is 781. The first-order chi connectivity index (χ1) is 14.8. The van der Waals surface area contributed by atoms with Gasteiger partial charge in [0.15, 0.2) is 0 Å². The molecule has 1 aromatic carbocycles. The highest BCUT2D eigenvalue weighted by Gasteiger charge is 2.55. The smallest absolute Gasteiger partial charge is 0.243 e. The van der Waals surface area contributed by atoms with Gasteiger partial charge < -0.3 is 15.5 Å². The minimum Gasteiger partial charge on any atom is -0.350 e. The number of rotatable bonds is 8. The molecular formula is C26H40N3O2+. The Kier molecular flexibility index (Phi) is 6.43. The van der Waals surface area contributed by atoms with E-state index in [1.807, 2.05) is 26.0 Å². The molecule has 0 aromatic heterocycles. The molecular weight excluding hydrogens is 386 g/mol. The maximum atomic E-state index is 13.5. The van der Waals surface area contributed by atoms with Gasteiger partial charge in [0.1, 0.15) is 12.6 Å². The highest BCUT2D eigenvalue weighted by molar-refractivity contribution is 5.90. The largest absolute Gasteiger partial charge is 0.350 e. The molecule has 2 amide bonds. The van der Waals surface area contributed by atoms with Gasteiger partial charge in [0, 0.05) is 17.5 Å². The predicted molar refractivity (Wildman–Crippen MR) is 122 cm³/mol. The van der Waals surface area contributed by atoms with Crippen LogP contribution in [0.25, 0.3) is 0 Å². The molecule has 5 rings (SSSR count). The van der Waals surface area contributed by atoms with Crippen LogP contribution in [0.4, 0.5) is 0 Å². The zero-order chi connectivity index (χ0) is 22.2. The second-order valence-electron chi connectivity index (χ2n) is 11.3. The summed E-state index contributed by atoms with van der Waals surface area (Å²) in [6, 6.07) is 7.80. The Balaban J connectivity index is 1.40. The first-order valence-electron chi connectivity index (χ1n) is 12.2. The number of quaternary nitrogens is 1. The highest BCUT2D eigenvalue weighted by atomic mass is 16.2. The van der Waals surface area contributed by atoms with E-state index in [0.717, 1.165) is 49.1 Å². The van der Waals surface area contributed by atoms with Crippen LogP contribution in [0.1, 0.15) is 63.5 Å². The van der Waals surface area contributed by atoms with Gasteiger partial charge in [-0.25, -0.2) is 0 Å². The summed E-state index contributed by atoms with van der Waals surface area (Å²) < 4.78 is 0. The monoisotopic (exact) mass is 426 g/mol. The van der Waals surface area contributed by atoms with Gasteiger partial charge in [0.05, 0.1) is 14.1 Å². The van der Waals surface area contributed by atoms with E-state index in [4.69, 9.17) is 0 Å². The van der Waals surface area contributed by atoms with Crippen molar-refractivity contribution in [1.29, 1.82) is 0 Å². The summed E-state index contributed by atoms with van der Waals surface area (Å²) in [5, 5.41) is 6.31. The summed E-state index contributed by atoms with van der Waals surface area (Å²) in [6.45, 7) is 5.46. The molecule has 4 aliphatic carbocycles. The van der Waals surface area contributed by atoms with Gasteiger partial charge in [0.25, 0.3) is 0 Å². The van der Waals surface area contributed by atoms with Crippen LogP contribution in [0.5, 0.6) is 0 Å². The SMILES string of the molecule is CC(C)[C@H](NC(=O)C12CC3CC(CC(C3)C1)C2)C(=O)NCc1ccccc1C[NH+](C)C. The van der Waals surface area contributed by atoms with Crippen LogP contribution >= 0.6 is 0 Å².